The zero-order chi connectivity index (χ0) is 16.4. The normalized spacial score (nSPS) is 10.7. The molecule has 0 saturated heterocycles. The number of rotatable bonds is 8. The number of carbonyl (C=O) groups is 1. The van der Waals surface area contributed by atoms with Gasteiger partial charge in [0.2, 0.25) is 5.91 Å². The second kappa shape index (κ2) is 11.9. The Hall–Kier alpha value is -1.58. The Morgan fingerprint density at radius 2 is 2.13 bits per heavy atom. The molecule has 0 aromatic carbocycles. The molecule has 0 atom stereocenters. The number of aryl methyl sites for hydroxylation is 1. The molecule has 2 N–H and O–H groups in total. The fourth-order valence-electron chi connectivity index (χ4n) is 1.58. The monoisotopic (exact) mass is 434 g/mol. The average molecular weight is 434 g/mol. The molecule has 1 amide bonds. The summed E-state index contributed by atoms with van der Waals surface area (Å²) in [5.41, 5.74) is 1.00. The van der Waals surface area contributed by atoms with Crippen LogP contribution in [-0.4, -0.2) is 60.3 Å². The van der Waals surface area contributed by atoms with E-state index in [0.29, 0.717) is 12.5 Å². The smallest absolute Gasteiger partial charge is 0.243 e. The fraction of sp³-hybridized carbons (Fsp3) is 0.533. The van der Waals surface area contributed by atoms with Crippen LogP contribution in [-0.2, 0) is 11.3 Å². The number of hydrogen-bond donors (Lipinski definition) is 2. The molecule has 1 aromatic heterocycles. The fourth-order valence-corrected chi connectivity index (χ4v) is 1.58. The first kappa shape index (κ1) is 21.4. The van der Waals surface area contributed by atoms with Gasteiger partial charge < -0.3 is 15.5 Å². The van der Waals surface area contributed by atoms with Gasteiger partial charge in [-0.15, -0.1) is 24.0 Å². The van der Waals surface area contributed by atoms with Crippen LogP contribution in [0.1, 0.15) is 13.3 Å². The molecule has 1 aromatic rings. The Morgan fingerprint density at radius 3 is 2.70 bits per heavy atom. The molecule has 0 aliphatic rings. The molecule has 8 heteroatoms. The van der Waals surface area contributed by atoms with E-state index in [2.05, 4.69) is 27.3 Å². The number of nitrogens with one attached hydrogen (secondary N) is 2. The SMILES string of the molecule is C=C(C)CNC(=NCC(=O)N(C)C)NCCCn1cccn1.I. The Balaban J connectivity index is 0.00000484. The molecule has 0 aliphatic carbocycles. The lowest BCUT2D eigenvalue weighted by Crippen LogP contribution is -2.39. The summed E-state index contributed by atoms with van der Waals surface area (Å²) in [6, 6.07) is 1.90. The number of likely N-dealkylation sites (N-methyl/N-ethyl adjacent to an activating group) is 1. The molecule has 0 spiro atoms. The second-order valence-corrected chi connectivity index (χ2v) is 5.31. The highest BCUT2D eigenvalue weighted by atomic mass is 127. The number of amides is 1. The topological polar surface area (TPSA) is 74.6 Å². The molecule has 1 heterocycles. The van der Waals surface area contributed by atoms with E-state index in [0.717, 1.165) is 25.1 Å². The van der Waals surface area contributed by atoms with Crippen molar-refractivity contribution in [2.75, 3.05) is 33.7 Å². The summed E-state index contributed by atoms with van der Waals surface area (Å²) in [5, 5.41) is 10.5. The number of aromatic nitrogens is 2. The molecule has 130 valence electrons. The third-order valence-electron chi connectivity index (χ3n) is 2.84. The molecule has 0 bridgehead atoms. The number of aliphatic imine (C=N–C) groups is 1. The predicted octanol–water partition coefficient (Wildman–Crippen LogP) is 1.09. The standard InChI is InChI=1S/C15H26N6O.HI/c1-13(2)11-17-15(18-12-14(22)20(3)4)16-7-5-9-21-10-6-8-19-21;/h6,8,10H,1,5,7,9,11-12H2,2-4H3,(H2,16,17,18);1H. The minimum Gasteiger partial charge on any atom is -0.356 e. The maximum atomic E-state index is 11.6. The van der Waals surface area contributed by atoms with Crippen molar-refractivity contribution in [3.8, 4) is 0 Å². The lowest BCUT2D eigenvalue weighted by molar-refractivity contribution is -0.127. The lowest BCUT2D eigenvalue weighted by Gasteiger charge is -2.13. The largest absolute Gasteiger partial charge is 0.356 e. The molecule has 1 rings (SSSR count). The van der Waals surface area contributed by atoms with Gasteiger partial charge in [-0.1, -0.05) is 12.2 Å². The highest BCUT2D eigenvalue weighted by Crippen LogP contribution is 1.89. The second-order valence-electron chi connectivity index (χ2n) is 5.31. The molecule has 0 unspecified atom stereocenters. The van der Waals surface area contributed by atoms with Crippen LogP contribution >= 0.6 is 24.0 Å². The van der Waals surface area contributed by atoms with Gasteiger partial charge in [0, 0.05) is 46.1 Å². The van der Waals surface area contributed by atoms with E-state index in [1.165, 1.54) is 4.90 Å². The van der Waals surface area contributed by atoms with Gasteiger partial charge in [-0.2, -0.15) is 5.10 Å². The Bertz CT molecular complexity index is 498. The molecule has 7 nitrogen and oxygen atoms in total. The van der Waals surface area contributed by atoms with Crippen LogP contribution in [0.5, 0.6) is 0 Å². The Labute approximate surface area is 155 Å². The average Bonchev–Trinajstić information content (AvgIpc) is 2.97. The van der Waals surface area contributed by atoms with E-state index >= 15 is 0 Å². The third kappa shape index (κ3) is 9.93. The summed E-state index contributed by atoms with van der Waals surface area (Å²) >= 11 is 0. The van der Waals surface area contributed by atoms with E-state index in [1.807, 2.05) is 23.9 Å². The predicted molar refractivity (Wildman–Crippen MR) is 104 cm³/mol. The van der Waals surface area contributed by atoms with E-state index in [1.54, 1.807) is 20.3 Å². The van der Waals surface area contributed by atoms with Gasteiger partial charge in [0.1, 0.15) is 6.54 Å². The minimum absolute atomic E-state index is 0. The zero-order valence-electron chi connectivity index (χ0n) is 14.1. The Morgan fingerprint density at radius 1 is 1.39 bits per heavy atom. The van der Waals surface area contributed by atoms with Gasteiger partial charge in [-0.25, -0.2) is 4.99 Å². The van der Waals surface area contributed by atoms with Crippen LogP contribution in [0.25, 0.3) is 0 Å². The first-order chi connectivity index (χ1) is 10.5. The van der Waals surface area contributed by atoms with Crippen molar-refractivity contribution in [1.29, 1.82) is 0 Å². The van der Waals surface area contributed by atoms with Gasteiger partial charge in [0.05, 0.1) is 0 Å². The van der Waals surface area contributed by atoms with Gasteiger partial charge in [-0.05, 0) is 19.4 Å². The molecule has 0 saturated carbocycles. The number of hydrogen-bond acceptors (Lipinski definition) is 3. The van der Waals surface area contributed by atoms with Crippen molar-refractivity contribution in [3.05, 3.63) is 30.6 Å². The van der Waals surface area contributed by atoms with E-state index in [9.17, 15) is 4.79 Å². The van der Waals surface area contributed by atoms with Gasteiger partial charge in [0.25, 0.3) is 0 Å². The van der Waals surface area contributed by atoms with Crippen LogP contribution in [0, 0.1) is 0 Å². The third-order valence-corrected chi connectivity index (χ3v) is 2.84. The first-order valence-electron chi connectivity index (χ1n) is 7.33. The summed E-state index contributed by atoms with van der Waals surface area (Å²) < 4.78 is 1.88. The molecule has 23 heavy (non-hydrogen) atoms. The first-order valence-corrected chi connectivity index (χ1v) is 7.33. The lowest BCUT2D eigenvalue weighted by atomic mass is 10.3. The maximum absolute atomic E-state index is 11.6. The number of nitrogens with zero attached hydrogens (tertiary/aromatic N) is 4. The summed E-state index contributed by atoms with van der Waals surface area (Å²) in [5.74, 6) is 0.589. The van der Waals surface area contributed by atoms with Crippen LogP contribution in [0.15, 0.2) is 35.6 Å². The minimum atomic E-state index is -0.0343. The van der Waals surface area contributed by atoms with Crippen LogP contribution in [0.4, 0.5) is 0 Å². The van der Waals surface area contributed by atoms with E-state index < -0.39 is 0 Å². The summed E-state index contributed by atoms with van der Waals surface area (Å²) in [6.07, 6.45) is 4.61. The van der Waals surface area contributed by atoms with E-state index in [-0.39, 0.29) is 36.4 Å². The van der Waals surface area contributed by atoms with Gasteiger partial charge in [0.15, 0.2) is 5.96 Å². The quantitative estimate of drug-likeness (QED) is 0.211. The summed E-state index contributed by atoms with van der Waals surface area (Å²) in [6.45, 7) is 8.12. The highest BCUT2D eigenvalue weighted by Gasteiger charge is 2.04. The zero-order valence-corrected chi connectivity index (χ0v) is 16.4. The summed E-state index contributed by atoms with van der Waals surface area (Å²) in [7, 11) is 3.44. The van der Waals surface area contributed by atoms with Gasteiger partial charge >= 0.3 is 0 Å². The molecule has 0 radical (unpaired) electrons. The molecular formula is C15H27IN6O. The van der Waals surface area contributed by atoms with Crippen LogP contribution < -0.4 is 10.6 Å². The van der Waals surface area contributed by atoms with Crippen molar-refractivity contribution < 1.29 is 4.79 Å². The van der Waals surface area contributed by atoms with Crippen molar-refractivity contribution in [2.45, 2.75) is 19.9 Å². The van der Waals surface area contributed by atoms with E-state index in [4.69, 9.17) is 0 Å². The number of carbonyl (C=O) groups excluding carboxylic acids is 1. The van der Waals surface area contributed by atoms with Crippen molar-refractivity contribution in [3.63, 3.8) is 0 Å². The van der Waals surface area contributed by atoms with Crippen LogP contribution in [0.3, 0.4) is 0 Å². The maximum Gasteiger partial charge on any atom is 0.243 e. The Kier molecular flexibility index (Phi) is 11.1. The van der Waals surface area contributed by atoms with Gasteiger partial charge in [-0.3, -0.25) is 9.48 Å². The number of guanidine groups is 1. The van der Waals surface area contributed by atoms with Crippen molar-refractivity contribution in [2.24, 2.45) is 4.99 Å². The molecule has 0 fully saturated rings. The molecular weight excluding hydrogens is 407 g/mol. The highest BCUT2D eigenvalue weighted by molar-refractivity contribution is 14.0. The summed E-state index contributed by atoms with van der Waals surface area (Å²) in [4.78, 5) is 17.4. The van der Waals surface area contributed by atoms with Crippen molar-refractivity contribution >= 4 is 35.8 Å². The van der Waals surface area contributed by atoms with Crippen molar-refractivity contribution in [1.82, 2.24) is 25.3 Å². The van der Waals surface area contributed by atoms with Crippen LogP contribution in [0.2, 0.25) is 0 Å². The molecule has 0 aliphatic heterocycles. The number of halogens is 1.